The number of amides is 1. The maximum Gasteiger partial charge on any atom is 0.357 e. The third-order valence-electron chi connectivity index (χ3n) is 4.77. The third-order valence-corrected chi connectivity index (χ3v) is 6.27. The molecule has 186 valence electrons. The maximum atomic E-state index is 13.2. The van der Waals surface area contributed by atoms with Gasteiger partial charge in [0.2, 0.25) is 5.91 Å². The fourth-order valence-electron chi connectivity index (χ4n) is 3.24. The van der Waals surface area contributed by atoms with E-state index in [1.165, 1.54) is 23.5 Å². The number of hydrogen-bond donors (Lipinski definition) is 3. The quantitative estimate of drug-likeness (QED) is 0.170. The number of hydrogen-bond acceptors (Lipinski definition) is 7. The van der Waals surface area contributed by atoms with E-state index < -0.39 is 34.1 Å². The van der Waals surface area contributed by atoms with Gasteiger partial charge in [-0.25, -0.2) is 4.98 Å². The predicted octanol–water partition coefficient (Wildman–Crippen LogP) is 4.06. The number of anilines is 1. The van der Waals surface area contributed by atoms with Crippen molar-refractivity contribution in [2.45, 2.75) is 53.0 Å². The third kappa shape index (κ3) is 8.88. The lowest BCUT2D eigenvalue weighted by Crippen LogP contribution is -2.39. The molecule has 0 aliphatic carbocycles. The number of benzene rings is 1. The lowest BCUT2D eigenvalue weighted by molar-refractivity contribution is -0.149. The molecule has 11 heteroatoms. The smallest absolute Gasteiger partial charge is 0.357 e. The molecule has 0 saturated carbocycles. The molecule has 0 aliphatic rings. The van der Waals surface area contributed by atoms with E-state index in [4.69, 9.17) is 9.29 Å². The Labute approximate surface area is 204 Å². The second kappa shape index (κ2) is 12.1. The Hall–Kier alpha value is -2.76. The number of carbonyl (C=O) groups is 2. The Bertz CT molecular complexity index is 1110. The first-order valence-electron chi connectivity index (χ1n) is 10.8. The largest absolute Gasteiger partial charge is 0.431 e. The number of carbonyl (C=O) groups excluding carboxylic acids is 2. The monoisotopic (exact) mass is 509 g/mol. The minimum atomic E-state index is -4.37. The van der Waals surface area contributed by atoms with Crippen LogP contribution in [0.15, 0.2) is 42.0 Å². The van der Waals surface area contributed by atoms with Crippen molar-refractivity contribution in [2.24, 2.45) is 11.8 Å². The van der Waals surface area contributed by atoms with Crippen LogP contribution in [0.1, 0.15) is 56.4 Å². The molecule has 1 heterocycles. The summed E-state index contributed by atoms with van der Waals surface area (Å²) in [5, 5.41) is 5.58. The van der Waals surface area contributed by atoms with Gasteiger partial charge in [-0.1, -0.05) is 39.5 Å². The number of thiazole rings is 1. The number of rotatable bonds is 12. The summed E-state index contributed by atoms with van der Waals surface area (Å²) in [5.41, 5.74) is 1.89. The van der Waals surface area contributed by atoms with Crippen molar-refractivity contribution in [3.63, 3.8) is 0 Å². The number of aromatic nitrogens is 1. The molecule has 34 heavy (non-hydrogen) atoms. The summed E-state index contributed by atoms with van der Waals surface area (Å²) in [5.74, 6) is -1.80. The zero-order chi connectivity index (χ0) is 25.5. The van der Waals surface area contributed by atoms with Crippen LogP contribution in [-0.4, -0.2) is 29.8 Å². The van der Waals surface area contributed by atoms with Crippen LogP contribution in [0.3, 0.4) is 0 Å². The molecule has 1 aromatic heterocycles. The van der Waals surface area contributed by atoms with Crippen molar-refractivity contribution in [2.75, 3.05) is 4.72 Å². The molecular formula is C23H31N3O6S2. The van der Waals surface area contributed by atoms with Gasteiger partial charge in [0, 0.05) is 5.38 Å². The molecule has 0 aliphatic heterocycles. The molecule has 2 aromatic rings. The lowest BCUT2D eigenvalue weighted by atomic mass is 9.95. The van der Waals surface area contributed by atoms with Gasteiger partial charge in [0.1, 0.15) is 10.9 Å². The summed E-state index contributed by atoms with van der Waals surface area (Å²) in [6.07, 6.45) is 1.42. The van der Waals surface area contributed by atoms with Crippen LogP contribution in [0, 0.1) is 11.8 Å². The fraction of sp³-hybridized carbons (Fsp3) is 0.435. The first-order chi connectivity index (χ1) is 15.9. The van der Waals surface area contributed by atoms with E-state index >= 15 is 0 Å². The van der Waals surface area contributed by atoms with E-state index in [0.29, 0.717) is 17.8 Å². The van der Waals surface area contributed by atoms with Crippen molar-refractivity contribution in [1.82, 2.24) is 10.3 Å². The Kier molecular flexibility index (Phi) is 9.77. The molecule has 0 bridgehead atoms. The van der Waals surface area contributed by atoms with Gasteiger partial charge in [0.25, 0.3) is 0 Å². The van der Waals surface area contributed by atoms with Crippen molar-refractivity contribution >= 4 is 39.2 Å². The number of aryl methyl sites for hydroxylation is 1. The summed E-state index contributed by atoms with van der Waals surface area (Å²) in [7, 11) is -4.37. The van der Waals surface area contributed by atoms with Crippen LogP contribution in [0.25, 0.3) is 0 Å². The van der Waals surface area contributed by atoms with E-state index in [1.54, 1.807) is 19.1 Å². The van der Waals surface area contributed by atoms with Gasteiger partial charge in [-0.05, 0) is 49.8 Å². The highest BCUT2D eigenvalue weighted by Gasteiger charge is 2.32. The van der Waals surface area contributed by atoms with Crippen LogP contribution in [-0.2, 0) is 37.5 Å². The summed E-state index contributed by atoms with van der Waals surface area (Å²) >= 11 is 1.42. The Morgan fingerprint density at radius 1 is 1.24 bits per heavy atom. The standard InChI is InChI=1S/C23H31N3O6S2/c1-6-17-13-33-22(24-17)20(12-16-7-9-18(10-8-16)26-34(29,30)31)25-21(27)19(11-14(2)3)23(28)32-15(4)5/h7-10,13-14,19-20,26H,4,6,11-12H2,1-3,5H3,(H,25,27)(H,29,30,31)/t19-,20-/m0/s1. The van der Waals surface area contributed by atoms with Crippen LogP contribution in [0.4, 0.5) is 5.69 Å². The lowest BCUT2D eigenvalue weighted by Gasteiger charge is -2.22. The zero-order valence-corrected chi connectivity index (χ0v) is 21.3. The normalized spacial score (nSPS) is 13.2. The highest BCUT2D eigenvalue weighted by molar-refractivity contribution is 7.87. The molecule has 0 unspecified atom stereocenters. The summed E-state index contributed by atoms with van der Waals surface area (Å²) < 4.78 is 38.1. The van der Waals surface area contributed by atoms with Crippen molar-refractivity contribution in [3.8, 4) is 0 Å². The predicted molar refractivity (Wildman–Crippen MR) is 132 cm³/mol. The number of nitrogens with zero attached hydrogens (tertiary/aromatic N) is 1. The van der Waals surface area contributed by atoms with E-state index in [9.17, 15) is 18.0 Å². The zero-order valence-electron chi connectivity index (χ0n) is 19.7. The molecule has 0 saturated heterocycles. The molecule has 3 N–H and O–H groups in total. The minimum Gasteiger partial charge on any atom is -0.431 e. The molecule has 9 nitrogen and oxygen atoms in total. The van der Waals surface area contributed by atoms with E-state index in [1.807, 2.05) is 30.9 Å². The van der Waals surface area contributed by atoms with E-state index in [-0.39, 0.29) is 17.4 Å². The number of allylic oxidation sites excluding steroid dienone is 1. The van der Waals surface area contributed by atoms with Gasteiger partial charge >= 0.3 is 16.3 Å². The molecule has 2 rings (SSSR count). The van der Waals surface area contributed by atoms with Crippen molar-refractivity contribution in [3.05, 3.63) is 58.2 Å². The Morgan fingerprint density at radius 2 is 1.88 bits per heavy atom. The molecule has 2 atom stereocenters. The average molecular weight is 510 g/mol. The summed E-state index contributed by atoms with van der Waals surface area (Å²) in [6, 6.07) is 5.87. The number of esters is 1. The summed E-state index contributed by atoms with van der Waals surface area (Å²) in [4.78, 5) is 30.4. The minimum absolute atomic E-state index is 0.0845. The number of ether oxygens (including phenoxy) is 1. The van der Waals surface area contributed by atoms with Crippen LogP contribution < -0.4 is 10.0 Å². The Balaban J connectivity index is 2.28. The number of nitrogens with one attached hydrogen (secondary N) is 2. The van der Waals surface area contributed by atoms with E-state index in [2.05, 4.69) is 16.9 Å². The Morgan fingerprint density at radius 3 is 2.38 bits per heavy atom. The first-order valence-corrected chi connectivity index (χ1v) is 13.2. The van der Waals surface area contributed by atoms with Gasteiger partial charge in [0.05, 0.1) is 23.2 Å². The molecule has 1 amide bonds. The van der Waals surface area contributed by atoms with Gasteiger partial charge in [0.15, 0.2) is 0 Å². The van der Waals surface area contributed by atoms with Crippen LogP contribution >= 0.6 is 11.3 Å². The van der Waals surface area contributed by atoms with Gasteiger partial charge in [-0.2, -0.15) is 8.42 Å². The summed E-state index contributed by atoms with van der Waals surface area (Å²) in [6.45, 7) is 11.0. The fourth-order valence-corrected chi connectivity index (χ4v) is 4.62. The topological polar surface area (TPSA) is 135 Å². The second-order valence-corrected chi connectivity index (χ2v) is 10.4. The highest BCUT2D eigenvalue weighted by atomic mass is 32.2. The van der Waals surface area contributed by atoms with Gasteiger partial charge < -0.3 is 10.1 Å². The van der Waals surface area contributed by atoms with Crippen LogP contribution in [0.5, 0.6) is 0 Å². The van der Waals surface area contributed by atoms with Crippen LogP contribution in [0.2, 0.25) is 0 Å². The molecule has 0 radical (unpaired) electrons. The van der Waals surface area contributed by atoms with Crippen molar-refractivity contribution in [1.29, 1.82) is 0 Å². The SMILES string of the molecule is C=C(C)OC(=O)[C@@H](CC(C)C)C(=O)N[C@@H](Cc1ccc(NS(=O)(=O)O)cc1)c1nc(CC)cs1. The molecule has 0 spiro atoms. The maximum absolute atomic E-state index is 13.2. The molecule has 1 aromatic carbocycles. The van der Waals surface area contributed by atoms with Gasteiger partial charge in [-0.15, -0.1) is 11.3 Å². The second-order valence-electron chi connectivity index (χ2n) is 8.38. The van der Waals surface area contributed by atoms with E-state index in [0.717, 1.165) is 17.7 Å². The average Bonchev–Trinajstić information content (AvgIpc) is 3.20. The highest BCUT2D eigenvalue weighted by Crippen LogP contribution is 2.25. The van der Waals surface area contributed by atoms with Gasteiger partial charge in [-0.3, -0.25) is 18.9 Å². The molecular weight excluding hydrogens is 478 g/mol. The molecule has 0 fully saturated rings. The first kappa shape index (κ1) is 27.5. The van der Waals surface area contributed by atoms with Crippen molar-refractivity contribution < 1.29 is 27.3 Å².